The number of thiophene rings is 1. The van der Waals surface area contributed by atoms with Gasteiger partial charge in [-0.25, -0.2) is 4.39 Å². The second kappa shape index (κ2) is 8.47. The molecule has 0 spiro atoms. The maximum absolute atomic E-state index is 14.2. The minimum atomic E-state index is -0.320. The number of halogens is 1. The molecule has 1 N–H and O–H groups in total. The van der Waals surface area contributed by atoms with Crippen molar-refractivity contribution in [2.24, 2.45) is 0 Å². The lowest BCUT2D eigenvalue weighted by molar-refractivity contribution is 0.0956. The van der Waals surface area contributed by atoms with Crippen LogP contribution in [0.2, 0.25) is 0 Å². The molecule has 0 saturated carbocycles. The zero-order valence-electron chi connectivity index (χ0n) is 13.8. The van der Waals surface area contributed by atoms with Gasteiger partial charge in [-0.3, -0.25) is 4.79 Å². The van der Waals surface area contributed by atoms with Gasteiger partial charge in [-0.2, -0.15) is 0 Å². The van der Waals surface area contributed by atoms with E-state index in [9.17, 15) is 9.18 Å². The smallest absolute Gasteiger partial charge is 0.261 e. The lowest BCUT2D eigenvalue weighted by Crippen LogP contribution is -2.25. The first kappa shape index (κ1) is 17.9. The lowest BCUT2D eigenvalue weighted by atomic mass is 10.1. The summed E-state index contributed by atoms with van der Waals surface area (Å²) >= 11 is 2.99. The topological polar surface area (TPSA) is 38.3 Å². The highest BCUT2D eigenvalue weighted by Crippen LogP contribution is 2.33. The molecule has 0 bridgehead atoms. The van der Waals surface area contributed by atoms with Crippen molar-refractivity contribution in [3.05, 3.63) is 64.8 Å². The second-order valence-corrected chi connectivity index (χ2v) is 7.59. The van der Waals surface area contributed by atoms with E-state index in [4.69, 9.17) is 4.74 Å². The molecule has 1 aromatic heterocycles. The number of fused-ring (bicyclic) bond motifs is 1. The Balaban J connectivity index is 1.69. The maximum atomic E-state index is 14.2. The number of methoxy groups -OCH3 is 1. The van der Waals surface area contributed by atoms with Crippen molar-refractivity contribution in [3.8, 4) is 0 Å². The minimum Gasteiger partial charge on any atom is -0.380 e. The van der Waals surface area contributed by atoms with E-state index in [-0.39, 0.29) is 18.3 Å². The van der Waals surface area contributed by atoms with Gasteiger partial charge in [0.2, 0.25) is 0 Å². The first-order chi connectivity index (χ1) is 12.2. The predicted molar refractivity (Wildman–Crippen MR) is 102 cm³/mol. The fourth-order valence-corrected chi connectivity index (χ4v) is 4.49. The first-order valence-electron chi connectivity index (χ1n) is 7.85. The monoisotopic (exact) mass is 375 g/mol. The van der Waals surface area contributed by atoms with Gasteiger partial charge in [-0.1, -0.05) is 24.3 Å². The molecule has 0 fully saturated rings. The Hall–Kier alpha value is -1.89. The van der Waals surface area contributed by atoms with Crippen molar-refractivity contribution in [2.75, 3.05) is 19.4 Å². The zero-order chi connectivity index (χ0) is 17.6. The van der Waals surface area contributed by atoms with Crippen molar-refractivity contribution in [1.29, 1.82) is 0 Å². The number of carbonyl (C=O) groups excluding carboxylic acids is 1. The molecular formula is C19H18FNO2S2. The number of thioether (sulfide) groups is 1. The first-order valence-corrected chi connectivity index (χ1v) is 9.65. The van der Waals surface area contributed by atoms with Crippen LogP contribution in [0.5, 0.6) is 0 Å². The van der Waals surface area contributed by atoms with Crippen LogP contribution < -0.4 is 5.32 Å². The Kier molecular flexibility index (Phi) is 6.07. The third-order valence-electron chi connectivity index (χ3n) is 3.66. The SMILES string of the molecule is COCc1c(C(=O)NCCSc2ccccc2)sc2cccc(F)c12. The van der Waals surface area contributed by atoms with E-state index in [2.05, 4.69) is 5.32 Å². The van der Waals surface area contributed by atoms with E-state index >= 15 is 0 Å². The molecule has 3 aromatic rings. The third kappa shape index (κ3) is 4.21. The van der Waals surface area contributed by atoms with Crippen LogP contribution in [-0.4, -0.2) is 25.3 Å². The fraction of sp³-hybridized carbons (Fsp3) is 0.211. The third-order valence-corrected chi connectivity index (χ3v) is 5.87. The number of nitrogens with one attached hydrogen (secondary N) is 1. The Bertz CT molecular complexity index is 864. The highest BCUT2D eigenvalue weighted by molar-refractivity contribution is 7.99. The van der Waals surface area contributed by atoms with Gasteiger partial charge >= 0.3 is 0 Å². The van der Waals surface area contributed by atoms with Crippen molar-refractivity contribution < 1.29 is 13.9 Å². The molecule has 3 nitrogen and oxygen atoms in total. The number of rotatable bonds is 7. The Morgan fingerprint density at radius 1 is 1.20 bits per heavy atom. The van der Waals surface area contributed by atoms with Crippen LogP contribution in [-0.2, 0) is 11.3 Å². The standard InChI is InChI=1S/C19H18FNO2S2/c1-23-12-14-17-15(20)8-5-9-16(17)25-18(14)19(22)21-10-11-24-13-6-3-2-4-7-13/h2-9H,10-12H2,1H3,(H,21,22). The van der Waals surface area contributed by atoms with E-state index in [0.29, 0.717) is 22.4 Å². The number of hydrogen-bond donors (Lipinski definition) is 1. The fourth-order valence-electron chi connectivity index (χ4n) is 2.56. The molecule has 3 rings (SSSR count). The number of hydrogen-bond acceptors (Lipinski definition) is 4. The number of amides is 1. The Morgan fingerprint density at radius 3 is 2.76 bits per heavy atom. The summed E-state index contributed by atoms with van der Waals surface area (Å²) in [6, 6.07) is 14.9. The van der Waals surface area contributed by atoms with Crippen LogP contribution in [0.4, 0.5) is 4.39 Å². The van der Waals surface area contributed by atoms with Gasteiger partial charge in [-0.05, 0) is 24.3 Å². The molecule has 0 atom stereocenters. The van der Waals surface area contributed by atoms with Crippen molar-refractivity contribution in [3.63, 3.8) is 0 Å². The van der Waals surface area contributed by atoms with Crippen LogP contribution in [0.3, 0.4) is 0 Å². The molecule has 0 unspecified atom stereocenters. The van der Waals surface area contributed by atoms with Crippen LogP contribution in [0.15, 0.2) is 53.4 Å². The predicted octanol–water partition coefficient (Wildman–Crippen LogP) is 4.71. The van der Waals surface area contributed by atoms with Gasteiger partial charge < -0.3 is 10.1 Å². The Morgan fingerprint density at radius 2 is 2.00 bits per heavy atom. The molecule has 1 amide bonds. The summed E-state index contributed by atoms with van der Waals surface area (Å²) in [7, 11) is 1.54. The molecule has 2 aromatic carbocycles. The molecule has 25 heavy (non-hydrogen) atoms. The van der Waals surface area contributed by atoms with E-state index in [0.717, 1.165) is 10.5 Å². The van der Waals surface area contributed by atoms with Crippen molar-refractivity contribution in [1.82, 2.24) is 5.32 Å². The molecule has 0 aliphatic carbocycles. The van der Waals surface area contributed by atoms with Crippen molar-refractivity contribution in [2.45, 2.75) is 11.5 Å². The molecular weight excluding hydrogens is 357 g/mol. The van der Waals surface area contributed by atoms with Gasteiger partial charge in [0.05, 0.1) is 11.5 Å². The average molecular weight is 375 g/mol. The zero-order valence-corrected chi connectivity index (χ0v) is 15.4. The summed E-state index contributed by atoms with van der Waals surface area (Å²) in [4.78, 5) is 14.2. The van der Waals surface area contributed by atoms with Gasteiger partial charge in [0.15, 0.2) is 0 Å². The van der Waals surface area contributed by atoms with Crippen LogP contribution in [0, 0.1) is 5.82 Å². The summed E-state index contributed by atoms with van der Waals surface area (Å²) < 4.78 is 20.1. The number of carbonyl (C=O) groups is 1. The van der Waals surface area contributed by atoms with Gasteiger partial charge in [-0.15, -0.1) is 23.1 Å². The number of ether oxygens (including phenoxy) is 1. The second-order valence-electron chi connectivity index (χ2n) is 5.37. The van der Waals surface area contributed by atoms with E-state index in [1.54, 1.807) is 24.9 Å². The molecule has 0 aliphatic rings. The molecule has 0 saturated heterocycles. The van der Waals surface area contributed by atoms with Crippen LogP contribution >= 0.6 is 23.1 Å². The summed E-state index contributed by atoms with van der Waals surface area (Å²) in [5.41, 5.74) is 0.619. The molecule has 0 radical (unpaired) electrons. The molecule has 0 aliphatic heterocycles. The van der Waals surface area contributed by atoms with E-state index < -0.39 is 0 Å². The average Bonchev–Trinajstić information content (AvgIpc) is 3.00. The molecule has 1 heterocycles. The summed E-state index contributed by atoms with van der Waals surface area (Å²) in [5.74, 6) is 0.273. The van der Waals surface area contributed by atoms with Gasteiger partial charge in [0.1, 0.15) is 5.82 Å². The van der Waals surface area contributed by atoms with E-state index in [1.165, 1.54) is 22.3 Å². The minimum absolute atomic E-state index is 0.179. The molecule has 6 heteroatoms. The van der Waals surface area contributed by atoms with Gasteiger partial charge in [0.25, 0.3) is 5.91 Å². The van der Waals surface area contributed by atoms with Gasteiger partial charge in [0, 0.05) is 40.0 Å². The van der Waals surface area contributed by atoms with Crippen molar-refractivity contribution >= 4 is 39.1 Å². The van der Waals surface area contributed by atoms with Crippen LogP contribution in [0.25, 0.3) is 10.1 Å². The summed E-state index contributed by atoms with van der Waals surface area (Å²) in [6.07, 6.45) is 0. The number of benzene rings is 2. The van der Waals surface area contributed by atoms with Crippen LogP contribution in [0.1, 0.15) is 15.2 Å². The summed E-state index contributed by atoms with van der Waals surface area (Å²) in [5, 5.41) is 3.41. The molecule has 130 valence electrons. The lowest BCUT2D eigenvalue weighted by Gasteiger charge is -2.06. The summed E-state index contributed by atoms with van der Waals surface area (Å²) in [6.45, 7) is 0.754. The normalized spacial score (nSPS) is 11.0. The highest BCUT2D eigenvalue weighted by atomic mass is 32.2. The largest absolute Gasteiger partial charge is 0.380 e. The maximum Gasteiger partial charge on any atom is 0.261 e. The quantitative estimate of drug-likeness (QED) is 0.480. The van der Waals surface area contributed by atoms with E-state index in [1.807, 2.05) is 36.4 Å². The highest BCUT2D eigenvalue weighted by Gasteiger charge is 2.20. The Labute approximate surface area is 154 Å².